The highest BCUT2D eigenvalue weighted by Crippen LogP contribution is 2.36. The maximum Gasteiger partial charge on any atom is 0.256 e. The van der Waals surface area contributed by atoms with Crippen molar-refractivity contribution in [3.63, 3.8) is 0 Å². The Bertz CT molecular complexity index is 795. The van der Waals surface area contributed by atoms with Crippen molar-refractivity contribution in [3.8, 4) is 17.2 Å². The van der Waals surface area contributed by atoms with E-state index in [-0.39, 0.29) is 12.0 Å². The van der Waals surface area contributed by atoms with E-state index in [1.807, 2.05) is 24.3 Å². The lowest BCUT2D eigenvalue weighted by molar-refractivity contribution is -0.0109. The summed E-state index contributed by atoms with van der Waals surface area (Å²) in [5.41, 5.74) is 1.02. The van der Waals surface area contributed by atoms with Crippen molar-refractivity contribution in [2.75, 3.05) is 32.8 Å². The third-order valence-corrected chi connectivity index (χ3v) is 5.32. The van der Waals surface area contributed by atoms with E-state index < -0.39 is 0 Å². The highest BCUT2D eigenvalue weighted by Gasteiger charge is 2.18. The van der Waals surface area contributed by atoms with Crippen molar-refractivity contribution >= 4 is 27.5 Å². The van der Waals surface area contributed by atoms with E-state index in [1.54, 1.807) is 12.1 Å². The van der Waals surface area contributed by atoms with E-state index in [1.165, 1.54) is 14.2 Å². The molecule has 1 N–H and O–H groups in total. The molecule has 150 valence electrons. The van der Waals surface area contributed by atoms with Gasteiger partial charge in [-0.15, -0.1) is 0 Å². The van der Waals surface area contributed by atoms with Gasteiger partial charge in [-0.3, -0.25) is 4.79 Å². The SMILES string of the molecule is COc1cc(C(=O)Nc2ccccc2OCC2CCCCO2)cc(OC)c1Br. The van der Waals surface area contributed by atoms with Crippen LogP contribution < -0.4 is 19.5 Å². The molecule has 2 aromatic rings. The highest BCUT2D eigenvalue weighted by molar-refractivity contribution is 9.10. The fraction of sp³-hybridized carbons (Fsp3) is 0.381. The number of anilines is 1. The monoisotopic (exact) mass is 449 g/mol. The number of para-hydroxylation sites is 2. The second-order valence-corrected chi connectivity index (χ2v) is 7.24. The average molecular weight is 450 g/mol. The van der Waals surface area contributed by atoms with Gasteiger partial charge >= 0.3 is 0 Å². The van der Waals surface area contributed by atoms with Crippen LogP contribution >= 0.6 is 15.9 Å². The van der Waals surface area contributed by atoms with E-state index in [9.17, 15) is 4.79 Å². The van der Waals surface area contributed by atoms with Crippen LogP contribution in [-0.2, 0) is 4.74 Å². The Morgan fingerprint density at radius 2 is 1.86 bits per heavy atom. The molecule has 0 spiro atoms. The topological polar surface area (TPSA) is 66.0 Å². The Kier molecular flexibility index (Phi) is 7.17. The molecule has 0 aliphatic carbocycles. The molecule has 1 heterocycles. The van der Waals surface area contributed by atoms with E-state index in [0.717, 1.165) is 25.9 Å². The zero-order chi connectivity index (χ0) is 19.9. The number of hydrogen-bond acceptors (Lipinski definition) is 5. The van der Waals surface area contributed by atoms with Crippen LogP contribution in [0.4, 0.5) is 5.69 Å². The van der Waals surface area contributed by atoms with Gasteiger partial charge in [0.05, 0.1) is 26.0 Å². The zero-order valence-corrected chi connectivity index (χ0v) is 17.6. The van der Waals surface area contributed by atoms with Gasteiger partial charge in [-0.25, -0.2) is 0 Å². The van der Waals surface area contributed by atoms with Crippen LogP contribution in [-0.4, -0.2) is 39.4 Å². The molecule has 1 amide bonds. The van der Waals surface area contributed by atoms with E-state index in [4.69, 9.17) is 18.9 Å². The van der Waals surface area contributed by atoms with Crippen molar-refractivity contribution in [3.05, 3.63) is 46.4 Å². The van der Waals surface area contributed by atoms with Gasteiger partial charge in [-0.1, -0.05) is 12.1 Å². The van der Waals surface area contributed by atoms with E-state index in [2.05, 4.69) is 21.2 Å². The zero-order valence-electron chi connectivity index (χ0n) is 16.0. The number of methoxy groups -OCH3 is 2. The first-order valence-corrected chi connectivity index (χ1v) is 9.98. The summed E-state index contributed by atoms with van der Waals surface area (Å²) in [6, 6.07) is 10.7. The largest absolute Gasteiger partial charge is 0.495 e. The normalized spacial score (nSPS) is 16.3. The summed E-state index contributed by atoms with van der Waals surface area (Å²) < 4.78 is 22.9. The lowest BCUT2D eigenvalue weighted by Crippen LogP contribution is -2.26. The highest BCUT2D eigenvalue weighted by atomic mass is 79.9. The molecular weight excluding hydrogens is 426 g/mol. The third-order valence-electron chi connectivity index (χ3n) is 4.54. The predicted octanol–water partition coefficient (Wildman–Crippen LogP) is 4.67. The maximum atomic E-state index is 12.8. The van der Waals surface area contributed by atoms with Crippen LogP contribution in [0.3, 0.4) is 0 Å². The molecule has 7 heteroatoms. The van der Waals surface area contributed by atoms with Gasteiger partial charge < -0.3 is 24.3 Å². The number of rotatable bonds is 7. The van der Waals surface area contributed by atoms with Crippen LogP contribution in [0.1, 0.15) is 29.6 Å². The first-order valence-electron chi connectivity index (χ1n) is 9.18. The fourth-order valence-corrected chi connectivity index (χ4v) is 3.56. The Balaban J connectivity index is 1.73. The average Bonchev–Trinajstić information content (AvgIpc) is 2.74. The number of carbonyl (C=O) groups is 1. The number of ether oxygens (including phenoxy) is 4. The van der Waals surface area contributed by atoms with Gasteiger partial charge in [-0.05, 0) is 59.5 Å². The Morgan fingerprint density at radius 1 is 1.14 bits per heavy atom. The third kappa shape index (κ3) is 4.97. The van der Waals surface area contributed by atoms with Gasteiger partial charge in [0.1, 0.15) is 28.3 Å². The van der Waals surface area contributed by atoms with Gasteiger partial charge in [0.15, 0.2) is 0 Å². The Hall–Kier alpha value is -2.25. The molecule has 1 aliphatic rings. The molecule has 1 fully saturated rings. The molecule has 0 saturated carbocycles. The molecule has 1 atom stereocenters. The second-order valence-electron chi connectivity index (χ2n) is 6.44. The lowest BCUT2D eigenvalue weighted by Gasteiger charge is -2.23. The van der Waals surface area contributed by atoms with Crippen molar-refractivity contribution in [1.82, 2.24) is 0 Å². The molecule has 1 aliphatic heterocycles. The number of hydrogen-bond donors (Lipinski definition) is 1. The lowest BCUT2D eigenvalue weighted by atomic mass is 10.1. The summed E-state index contributed by atoms with van der Waals surface area (Å²) in [4.78, 5) is 12.8. The molecule has 0 radical (unpaired) electrons. The first kappa shape index (κ1) is 20.5. The van der Waals surface area contributed by atoms with Crippen LogP contribution in [0, 0.1) is 0 Å². The minimum atomic E-state index is -0.283. The molecule has 3 rings (SSSR count). The summed E-state index contributed by atoms with van der Waals surface area (Å²) >= 11 is 3.41. The van der Waals surface area contributed by atoms with Gasteiger partial charge in [0.25, 0.3) is 5.91 Å². The van der Waals surface area contributed by atoms with Gasteiger partial charge in [0, 0.05) is 12.2 Å². The van der Waals surface area contributed by atoms with Crippen LogP contribution in [0.25, 0.3) is 0 Å². The molecule has 0 aromatic heterocycles. The van der Waals surface area contributed by atoms with Crippen LogP contribution in [0.15, 0.2) is 40.9 Å². The number of halogens is 1. The number of carbonyl (C=O) groups excluding carboxylic acids is 1. The second kappa shape index (κ2) is 9.80. The summed E-state index contributed by atoms with van der Waals surface area (Å²) in [5, 5.41) is 2.91. The number of benzene rings is 2. The number of nitrogens with one attached hydrogen (secondary N) is 1. The molecular formula is C21H24BrNO5. The van der Waals surface area contributed by atoms with Crippen molar-refractivity contribution in [2.24, 2.45) is 0 Å². The van der Waals surface area contributed by atoms with Crippen molar-refractivity contribution < 1.29 is 23.7 Å². The summed E-state index contributed by atoms with van der Waals surface area (Å²) in [5.74, 6) is 1.36. The van der Waals surface area contributed by atoms with Crippen LogP contribution in [0.5, 0.6) is 17.2 Å². The van der Waals surface area contributed by atoms with E-state index >= 15 is 0 Å². The molecule has 28 heavy (non-hydrogen) atoms. The van der Waals surface area contributed by atoms with Crippen LogP contribution in [0.2, 0.25) is 0 Å². The molecule has 0 bridgehead atoms. The Labute approximate surface area is 173 Å². The quantitative estimate of drug-likeness (QED) is 0.665. The minimum Gasteiger partial charge on any atom is -0.495 e. The molecule has 2 aromatic carbocycles. The minimum absolute atomic E-state index is 0.0949. The predicted molar refractivity (Wildman–Crippen MR) is 111 cm³/mol. The summed E-state index contributed by atoms with van der Waals surface area (Å²) in [6.07, 6.45) is 3.34. The van der Waals surface area contributed by atoms with E-state index in [0.29, 0.717) is 39.6 Å². The summed E-state index contributed by atoms with van der Waals surface area (Å²) in [7, 11) is 3.08. The van der Waals surface area contributed by atoms with Crippen molar-refractivity contribution in [1.29, 1.82) is 0 Å². The molecule has 6 nitrogen and oxygen atoms in total. The Morgan fingerprint density at radius 3 is 2.50 bits per heavy atom. The standard InChI is InChI=1S/C21H24BrNO5/c1-25-18-11-14(12-19(26-2)20(18)22)21(24)23-16-8-3-4-9-17(16)28-13-15-7-5-6-10-27-15/h3-4,8-9,11-12,15H,5-7,10,13H2,1-2H3,(H,23,24). The first-order chi connectivity index (χ1) is 13.6. The maximum absolute atomic E-state index is 12.8. The van der Waals surface area contributed by atoms with Crippen molar-refractivity contribution in [2.45, 2.75) is 25.4 Å². The number of amides is 1. The summed E-state index contributed by atoms with van der Waals surface area (Å²) in [6.45, 7) is 1.24. The van der Waals surface area contributed by atoms with Gasteiger partial charge in [-0.2, -0.15) is 0 Å². The smallest absolute Gasteiger partial charge is 0.256 e. The molecule has 1 saturated heterocycles. The molecule has 1 unspecified atom stereocenters. The fourth-order valence-electron chi connectivity index (χ4n) is 3.01. The van der Waals surface area contributed by atoms with Gasteiger partial charge in [0.2, 0.25) is 0 Å².